The average Bonchev–Trinajstić information content (AvgIpc) is 3.15. The topological polar surface area (TPSA) is 95.7 Å². The van der Waals surface area contributed by atoms with Gasteiger partial charge in [-0.25, -0.2) is 0 Å². The van der Waals surface area contributed by atoms with Crippen molar-refractivity contribution in [2.75, 3.05) is 13.1 Å². The van der Waals surface area contributed by atoms with Crippen LogP contribution >= 0.6 is 11.6 Å². The zero-order valence-corrected chi connectivity index (χ0v) is 21.7. The SMILES string of the molecule is C=CCC1(N)CC[C@@H](C(=O)NC(C(=O)N2CCC(O)(c3ccc(Cl)cc3)C(C)(C)C2)C(C)C)C1. The first-order valence-electron chi connectivity index (χ1n) is 12.3. The van der Waals surface area contributed by atoms with E-state index in [1.54, 1.807) is 17.0 Å². The van der Waals surface area contributed by atoms with E-state index in [1.165, 1.54) is 0 Å². The molecule has 0 aromatic heterocycles. The van der Waals surface area contributed by atoms with Gasteiger partial charge in [0.05, 0.1) is 5.60 Å². The molecule has 4 atom stereocenters. The molecule has 3 unspecified atom stereocenters. The number of rotatable bonds is 7. The Hall–Kier alpha value is -1.89. The fraction of sp³-hybridized carbons (Fsp3) is 0.630. The molecular weight excluding hydrogens is 450 g/mol. The molecule has 1 aliphatic heterocycles. The van der Waals surface area contributed by atoms with Crippen LogP contribution in [0.15, 0.2) is 36.9 Å². The normalized spacial score (nSPS) is 29.6. The van der Waals surface area contributed by atoms with Crippen molar-refractivity contribution < 1.29 is 14.7 Å². The summed E-state index contributed by atoms with van der Waals surface area (Å²) >= 11 is 6.04. The zero-order chi connectivity index (χ0) is 25.3. The van der Waals surface area contributed by atoms with Crippen LogP contribution in [0, 0.1) is 17.3 Å². The molecule has 0 spiro atoms. The van der Waals surface area contributed by atoms with E-state index in [-0.39, 0.29) is 29.2 Å². The Morgan fingerprint density at radius 2 is 1.94 bits per heavy atom. The highest BCUT2D eigenvalue weighted by Gasteiger charge is 2.50. The number of hydrogen-bond acceptors (Lipinski definition) is 4. The van der Waals surface area contributed by atoms with E-state index in [0.29, 0.717) is 37.4 Å². The number of carbonyl (C=O) groups is 2. The van der Waals surface area contributed by atoms with Gasteiger partial charge < -0.3 is 21.1 Å². The van der Waals surface area contributed by atoms with E-state index in [4.69, 9.17) is 17.3 Å². The van der Waals surface area contributed by atoms with Crippen LogP contribution in [0.1, 0.15) is 65.4 Å². The van der Waals surface area contributed by atoms with Gasteiger partial charge in [0.1, 0.15) is 6.04 Å². The molecule has 1 heterocycles. The van der Waals surface area contributed by atoms with Crippen molar-refractivity contribution in [1.82, 2.24) is 10.2 Å². The summed E-state index contributed by atoms with van der Waals surface area (Å²) in [6, 6.07) is 6.65. The molecule has 6 nitrogen and oxygen atoms in total. The monoisotopic (exact) mass is 489 g/mol. The Balaban J connectivity index is 1.70. The zero-order valence-electron chi connectivity index (χ0n) is 20.9. The van der Waals surface area contributed by atoms with Crippen LogP contribution in [-0.2, 0) is 15.2 Å². The molecule has 1 saturated heterocycles. The third-order valence-electron chi connectivity index (χ3n) is 7.88. The summed E-state index contributed by atoms with van der Waals surface area (Å²) in [5.41, 5.74) is 5.17. The van der Waals surface area contributed by atoms with Crippen LogP contribution in [0.25, 0.3) is 0 Å². The van der Waals surface area contributed by atoms with Gasteiger partial charge >= 0.3 is 0 Å². The van der Waals surface area contributed by atoms with Crippen molar-refractivity contribution in [1.29, 1.82) is 0 Å². The number of nitrogens with one attached hydrogen (secondary N) is 1. The van der Waals surface area contributed by atoms with Gasteiger partial charge in [-0.1, -0.05) is 57.5 Å². The Kier molecular flexibility index (Phi) is 7.86. The molecule has 7 heteroatoms. The Bertz CT molecular complexity index is 916. The third-order valence-corrected chi connectivity index (χ3v) is 8.13. The quantitative estimate of drug-likeness (QED) is 0.504. The van der Waals surface area contributed by atoms with E-state index >= 15 is 0 Å². The van der Waals surface area contributed by atoms with Crippen LogP contribution in [-0.4, -0.2) is 46.5 Å². The van der Waals surface area contributed by atoms with Gasteiger partial charge in [0.25, 0.3) is 0 Å². The fourth-order valence-corrected chi connectivity index (χ4v) is 5.73. The van der Waals surface area contributed by atoms with Crippen LogP contribution in [0.5, 0.6) is 0 Å². The molecule has 2 aliphatic rings. The second-order valence-corrected chi connectivity index (χ2v) is 11.7. The van der Waals surface area contributed by atoms with Crippen molar-refractivity contribution in [3.05, 3.63) is 47.5 Å². The minimum atomic E-state index is -1.08. The summed E-state index contributed by atoms with van der Waals surface area (Å²) in [6.07, 6.45) is 5.01. The highest BCUT2D eigenvalue weighted by Crippen LogP contribution is 2.46. The van der Waals surface area contributed by atoms with Crippen molar-refractivity contribution >= 4 is 23.4 Å². The molecule has 1 aliphatic carbocycles. The van der Waals surface area contributed by atoms with Crippen LogP contribution in [0.3, 0.4) is 0 Å². The summed E-state index contributed by atoms with van der Waals surface area (Å²) in [6.45, 7) is 12.4. The van der Waals surface area contributed by atoms with Crippen molar-refractivity contribution in [2.24, 2.45) is 23.0 Å². The van der Waals surface area contributed by atoms with Crippen molar-refractivity contribution in [3.8, 4) is 0 Å². The van der Waals surface area contributed by atoms with Gasteiger partial charge in [-0.05, 0) is 55.7 Å². The molecule has 1 saturated carbocycles. The van der Waals surface area contributed by atoms with E-state index < -0.39 is 17.1 Å². The van der Waals surface area contributed by atoms with E-state index in [2.05, 4.69) is 11.9 Å². The molecule has 0 bridgehead atoms. The molecule has 4 N–H and O–H groups in total. The first kappa shape index (κ1) is 26.7. The lowest BCUT2D eigenvalue weighted by Gasteiger charge is -2.51. The molecule has 1 aromatic carbocycles. The highest BCUT2D eigenvalue weighted by molar-refractivity contribution is 6.30. The Morgan fingerprint density at radius 3 is 2.50 bits per heavy atom. The third kappa shape index (κ3) is 5.34. The largest absolute Gasteiger partial charge is 0.384 e. The first-order chi connectivity index (χ1) is 15.8. The standard InChI is InChI=1S/C27H40ClN3O3/c1-6-12-26(29)13-11-19(16-26)23(32)30-22(18(2)3)24(33)31-15-14-27(34,25(4,5)17-31)20-7-9-21(28)10-8-20/h6-10,18-19,22,34H,1,11-17,29H2,2-5H3,(H,30,32)/t19-,22?,26?,27?/m1/s1. The van der Waals surface area contributed by atoms with Crippen molar-refractivity contribution in [3.63, 3.8) is 0 Å². The van der Waals surface area contributed by atoms with E-state index in [9.17, 15) is 14.7 Å². The van der Waals surface area contributed by atoms with Gasteiger partial charge in [-0.2, -0.15) is 0 Å². The summed E-state index contributed by atoms with van der Waals surface area (Å²) in [4.78, 5) is 28.4. The lowest BCUT2D eigenvalue weighted by atomic mass is 9.66. The predicted octanol–water partition coefficient (Wildman–Crippen LogP) is 4.00. The molecule has 1 aromatic rings. The van der Waals surface area contributed by atoms with Gasteiger partial charge in [-0.3, -0.25) is 9.59 Å². The smallest absolute Gasteiger partial charge is 0.245 e. The number of hydrogen-bond donors (Lipinski definition) is 3. The maximum absolute atomic E-state index is 13.6. The number of piperidine rings is 1. The number of aliphatic hydroxyl groups is 1. The van der Waals surface area contributed by atoms with Gasteiger partial charge in [-0.15, -0.1) is 6.58 Å². The second kappa shape index (κ2) is 10.00. The Morgan fingerprint density at radius 1 is 1.29 bits per heavy atom. The minimum absolute atomic E-state index is 0.0613. The predicted molar refractivity (Wildman–Crippen MR) is 136 cm³/mol. The number of nitrogens with zero attached hydrogens (tertiary/aromatic N) is 1. The second-order valence-electron chi connectivity index (χ2n) is 11.3. The molecular formula is C27H40ClN3O3. The first-order valence-corrected chi connectivity index (χ1v) is 12.7. The molecule has 0 radical (unpaired) electrons. The van der Waals surface area contributed by atoms with Crippen molar-refractivity contribution in [2.45, 2.75) is 77.0 Å². The average molecular weight is 490 g/mol. The van der Waals surface area contributed by atoms with Gasteiger partial charge in [0, 0.05) is 35.0 Å². The molecule has 188 valence electrons. The number of halogens is 1. The van der Waals surface area contributed by atoms with Crippen LogP contribution < -0.4 is 11.1 Å². The lowest BCUT2D eigenvalue weighted by molar-refractivity contribution is -0.157. The summed E-state index contributed by atoms with van der Waals surface area (Å²) < 4.78 is 0. The maximum atomic E-state index is 13.6. The number of benzene rings is 1. The fourth-order valence-electron chi connectivity index (χ4n) is 5.61. The number of carbonyl (C=O) groups excluding carboxylic acids is 2. The number of likely N-dealkylation sites (tertiary alicyclic amines) is 1. The van der Waals surface area contributed by atoms with E-state index in [1.807, 2.05) is 45.9 Å². The molecule has 2 amide bonds. The van der Waals surface area contributed by atoms with E-state index in [0.717, 1.165) is 18.4 Å². The molecule has 3 rings (SSSR count). The molecule has 34 heavy (non-hydrogen) atoms. The number of nitrogens with two attached hydrogens (primary N) is 1. The highest BCUT2D eigenvalue weighted by atomic mass is 35.5. The van der Waals surface area contributed by atoms with Gasteiger partial charge in [0.15, 0.2) is 0 Å². The van der Waals surface area contributed by atoms with Crippen LogP contribution in [0.4, 0.5) is 0 Å². The van der Waals surface area contributed by atoms with Crippen LogP contribution in [0.2, 0.25) is 5.02 Å². The lowest BCUT2D eigenvalue weighted by Crippen LogP contribution is -2.60. The minimum Gasteiger partial charge on any atom is -0.384 e. The summed E-state index contributed by atoms with van der Waals surface area (Å²) in [5, 5.41) is 15.3. The number of amides is 2. The summed E-state index contributed by atoms with van der Waals surface area (Å²) in [7, 11) is 0. The van der Waals surface area contributed by atoms with Gasteiger partial charge in [0.2, 0.25) is 11.8 Å². The molecule has 2 fully saturated rings. The maximum Gasteiger partial charge on any atom is 0.245 e. The Labute approximate surface area is 208 Å². The summed E-state index contributed by atoms with van der Waals surface area (Å²) in [5.74, 6) is -0.448.